The standard InChI is InChI=1S/C16H17N5O2S2/c1-23-12-6-4-11(5-7-12)9-18-14(22)10-25-16-20-19-15(21(16)17)13-3-2-8-24-13/h2-8H,9-10,17H2,1H3,(H,18,22). The van der Waals surface area contributed by atoms with Crippen LogP contribution in [-0.4, -0.2) is 33.6 Å². The van der Waals surface area contributed by atoms with Crippen LogP contribution in [0, 0.1) is 0 Å². The van der Waals surface area contributed by atoms with E-state index in [1.54, 1.807) is 7.11 Å². The number of carbonyl (C=O) groups excluding carboxylic acids is 1. The van der Waals surface area contributed by atoms with Crippen molar-refractivity contribution in [3.63, 3.8) is 0 Å². The number of hydrogen-bond acceptors (Lipinski definition) is 7. The second-order valence-electron chi connectivity index (χ2n) is 5.07. The molecular formula is C16H17N5O2S2. The average Bonchev–Trinajstić information content (AvgIpc) is 3.28. The Morgan fingerprint density at radius 2 is 2.12 bits per heavy atom. The molecule has 0 saturated carbocycles. The van der Waals surface area contributed by atoms with Crippen LogP contribution in [-0.2, 0) is 11.3 Å². The molecule has 0 unspecified atom stereocenters. The van der Waals surface area contributed by atoms with Crippen molar-refractivity contribution < 1.29 is 9.53 Å². The molecule has 0 aliphatic carbocycles. The van der Waals surface area contributed by atoms with Gasteiger partial charge >= 0.3 is 0 Å². The lowest BCUT2D eigenvalue weighted by molar-refractivity contribution is -0.118. The molecule has 3 N–H and O–H groups in total. The third-order valence-electron chi connectivity index (χ3n) is 3.39. The summed E-state index contributed by atoms with van der Waals surface area (Å²) < 4.78 is 6.52. The van der Waals surface area contributed by atoms with Gasteiger partial charge in [0.05, 0.1) is 17.7 Å². The Balaban J connectivity index is 1.50. The molecule has 0 fully saturated rings. The summed E-state index contributed by atoms with van der Waals surface area (Å²) in [5, 5.41) is 13.4. The third-order valence-corrected chi connectivity index (χ3v) is 5.20. The van der Waals surface area contributed by atoms with E-state index in [0.717, 1.165) is 16.2 Å². The average molecular weight is 375 g/mol. The normalized spacial score (nSPS) is 10.6. The molecule has 130 valence electrons. The molecule has 1 aromatic carbocycles. The molecule has 0 aliphatic heterocycles. The van der Waals surface area contributed by atoms with Crippen LogP contribution in [0.3, 0.4) is 0 Å². The molecule has 0 aliphatic rings. The number of nitrogens with two attached hydrogens (primary N) is 1. The van der Waals surface area contributed by atoms with Gasteiger partial charge in [-0.1, -0.05) is 30.0 Å². The number of nitrogen functional groups attached to an aromatic ring is 1. The van der Waals surface area contributed by atoms with E-state index in [9.17, 15) is 4.79 Å². The van der Waals surface area contributed by atoms with E-state index in [1.807, 2.05) is 41.8 Å². The molecule has 0 radical (unpaired) electrons. The van der Waals surface area contributed by atoms with Crippen LogP contribution >= 0.6 is 23.1 Å². The minimum Gasteiger partial charge on any atom is -0.497 e. The summed E-state index contributed by atoms with van der Waals surface area (Å²) in [6, 6.07) is 11.4. The van der Waals surface area contributed by atoms with Gasteiger partial charge in [-0.25, -0.2) is 4.68 Å². The highest BCUT2D eigenvalue weighted by Crippen LogP contribution is 2.24. The monoisotopic (exact) mass is 375 g/mol. The molecule has 2 aromatic heterocycles. The number of carbonyl (C=O) groups is 1. The first-order valence-corrected chi connectivity index (χ1v) is 9.30. The molecule has 25 heavy (non-hydrogen) atoms. The summed E-state index contributed by atoms with van der Waals surface area (Å²) in [7, 11) is 1.62. The van der Waals surface area contributed by atoms with Crippen LogP contribution in [0.1, 0.15) is 5.56 Å². The fourth-order valence-electron chi connectivity index (χ4n) is 2.07. The maximum Gasteiger partial charge on any atom is 0.230 e. The lowest BCUT2D eigenvalue weighted by atomic mass is 10.2. The van der Waals surface area contributed by atoms with Gasteiger partial charge in [-0.05, 0) is 29.1 Å². The van der Waals surface area contributed by atoms with Crippen molar-refractivity contribution in [2.75, 3.05) is 18.7 Å². The molecule has 0 bridgehead atoms. The van der Waals surface area contributed by atoms with Gasteiger partial charge in [0.1, 0.15) is 5.75 Å². The van der Waals surface area contributed by atoms with Gasteiger partial charge in [-0.15, -0.1) is 21.5 Å². The Labute approximate surface area is 153 Å². The molecule has 9 heteroatoms. The topological polar surface area (TPSA) is 95.1 Å². The van der Waals surface area contributed by atoms with Crippen molar-refractivity contribution >= 4 is 29.0 Å². The summed E-state index contributed by atoms with van der Waals surface area (Å²) in [6.45, 7) is 0.457. The first kappa shape index (κ1) is 17.3. The summed E-state index contributed by atoms with van der Waals surface area (Å²) in [5.41, 5.74) is 1.00. The minimum atomic E-state index is -0.0958. The number of thioether (sulfide) groups is 1. The zero-order chi connectivity index (χ0) is 17.6. The van der Waals surface area contributed by atoms with E-state index in [0.29, 0.717) is 17.5 Å². The summed E-state index contributed by atoms with van der Waals surface area (Å²) in [6.07, 6.45) is 0. The van der Waals surface area contributed by atoms with Gasteiger partial charge in [0, 0.05) is 6.54 Å². The number of thiophene rings is 1. The predicted molar refractivity (Wildman–Crippen MR) is 99.1 cm³/mol. The Bertz CT molecular complexity index is 831. The maximum absolute atomic E-state index is 12.0. The number of benzene rings is 1. The van der Waals surface area contributed by atoms with Crippen molar-refractivity contribution in [2.24, 2.45) is 0 Å². The third kappa shape index (κ3) is 4.31. The molecule has 3 aromatic rings. The number of methoxy groups -OCH3 is 1. The van der Waals surface area contributed by atoms with Gasteiger partial charge in [-0.3, -0.25) is 4.79 Å². The van der Waals surface area contributed by atoms with Gasteiger partial charge < -0.3 is 15.9 Å². The molecule has 1 amide bonds. The SMILES string of the molecule is COc1ccc(CNC(=O)CSc2nnc(-c3cccs3)n2N)cc1. The summed E-state index contributed by atoms with van der Waals surface area (Å²) >= 11 is 2.79. The fourth-order valence-corrected chi connectivity index (χ4v) is 3.47. The van der Waals surface area contributed by atoms with E-state index < -0.39 is 0 Å². The largest absolute Gasteiger partial charge is 0.497 e. The van der Waals surface area contributed by atoms with Crippen molar-refractivity contribution in [3.8, 4) is 16.5 Å². The molecule has 0 spiro atoms. The summed E-state index contributed by atoms with van der Waals surface area (Å²) in [5.74, 6) is 7.51. The van der Waals surface area contributed by atoms with Crippen molar-refractivity contribution in [3.05, 3.63) is 47.3 Å². The highest BCUT2D eigenvalue weighted by atomic mass is 32.2. The van der Waals surface area contributed by atoms with Crippen LogP contribution < -0.4 is 15.9 Å². The smallest absolute Gasteiger partial charge is 0.230 e. The van der Waals surface area contributed by atoms with Crippen LogP contribution in [0.2, 0.25) is 0 Å². The van der Waals surface area contributed by atoms with Crippen LogP contribution in [0.15, 0.2) is 46.9 Å². The van der Waals surface area contributed by atoms with Crippen molar-refractivity contribution in [1.29, 1.82) is 0 Å². The molecule has 2 heterocycles. The van der Waals surface area contributed by atoms with E-state index in [4.69, 9.17) is 10.6 Å². The number of nitrogens with one attached hydrogen (secondary N) is 1. The number of rotatable bonds is 7. The highest BCUT2D eigenvalue weighted by molar-refractivity contribution is 7.99. The van der Waals surface area contributed by atoms with Gasteiger partial charge in [-0.2, -0.15) is 0 Å². The Morgan fingerprint density at radius 1 is 1.32 bits per heavy atom. The number of nitrogens with zero attached hydrogens (tertiary/aromatic N) is 3. The summed E-state index contributed by atoms with van der Waals surface area (Å²) in [4.78, 5) is 12.9. The lowest BCUT2D eigenvalue weighted by Crippen LogP contribution is -2.25. The van der Waals surface area contributed by atoms with E-state index in [-0.39, 0.29) is 11.7 Å². The number of aromatic nitrogens is 3. The molecule has 0 saturated heterocycles. The highest BCUT2D eigenvalue weighted by Gasteiger charge is 2.14. The Morgan fingerprint density at radius 3 is 2.80 bits per heavy atom. The van der Waals surface area contributed by atoms with Gasteiger partial charge in [0.25, 0.3) is 0 Å². The number of hydrogen-bond donors (Lipinski definition) is 2. The fraction of sp³-hybridized carbons (Fsp3) is 0.188. The van der Waals surface area contributed by atoms with Crippen molar-refractivity contribution in [2.45, 2.75) is 11.7 Å². The molecular weight excluding hydrogens is 358 g/mol. The molecule has 3 rings (SSSR count). The van der Waals surface area contributed by atoms with Crippen molar-refractivity contribution in [1.82, 2.24) is 20.2 Å². The van der Waals surface area contributed by atoms with E-state index in [2.05, 4.69) is 15.5 Å². The first-order valence-electron chi connectivity index (χ1n) is 7.44. The van der Waals surface area contributed by atoms with Gasteiger partial charge in [0.15, 0.2) is 5.82 Å². The van der Waals surface area contributed by atoms with E-state index in [1.165, 1.54) is 27.8 Å². The zero-order valence-corrected chi connectivity index (χ0v) is 15.1. The van der Waals surface area contributed by atoms with Crippen LogP contribution in [0.4, 0.5) is 0 Å². The minimum absolute atomic E-state index is 0.0958. The van der Waals surface area contributed by atoms with Crippen LogP contribution in [0.5, 0.6) is 5.75 Å². The maximum atomic E-state index is 12.0. The Hall–Kier alpha value is -2.52. The first-order chi connectivity index (χ1) is 12.2. The second kappa shape index (κ2) is 8.04. The molecule has 0 atom stereocenters. The van der Waals surface area contributed by atoms with Gasteiger partial charge in [0.2, 0.25) is 11.1 Å². The Kier molecular flexibility index (Phi) is 5.56. The predicted octanol–water partition coefficient (Wildman–Crippen LogP) is 2.14. The second-order valence-corrected chi connectivity index (χ2v) is 6.96. The number of ether oxygens (including phenoxy) is 1. The molecule has 7 nitrogen and oxygen atoms in total. The quantitative estimate of drug-likeness (QED) is 0.485. The lowest BCUT2D eigenvalue weighted by Gasteiger charge is -2.06. The van der Waals surface area contributed by atoms with Crippen LogP contribution in [0.25, 0.3) is 10.7 Å². The zero-order valence-electron chi connectivity index (χ0n) is 13.5. The van der Waals surface area contributed by atoms with E-state index >= 15 is 0 Å². The number of amides is 1.